The molecule has 0 bridgehead atoms. The highest BCUT2D eigenvalue weighted by atomic mass is 35.5. The van der Waals surface area contributed by atoms with Crippen molar-refractivity contribution in [1.82, 2.24) is 9.47 Å². The number of alkyl halides is 3. The largest absolute Gasteiger partial charge is 0.573 e. The van der Waals surface area contributed by atoms with Crippen LogP contribution in [0.4, 0.5) is 13.2 Å². The van der Waals surface area contributed by atoms with Gasteiger partial charge < -0.3 is 14.0 Å². The summed E-state index contributed by atoms with van der Waals surface area (Å²) < 4.78 is 48.3. The van der Waals surface area contributed by atoms with E-state index in [4.69, 9.17) is 27.9 Å². The Morgan fingerprint density at radius 1 is 1.09 bits per heavy atom. The molecule has 188 valence electrons. The number of esters is 1. The molecule has 2 heterocycles. The van der Waals surface area contributed by atoms with Crippen LogP contribution in [0, 0.1) is 5.92 Å². The zero-order valence-electron chi connectivity index (χ0n) is 19.1. The van der Waals surface area contributed by atoms with Gasteiger partial charge in [0.1, 0.15) is 5.75 Å². The first kappa shape index (κ1) is 25.7. The number of aromatic nitrogens is 1. The van der Waals surface area contributed by atoms with E-state index >= 15 is 0 Å². The molecule has 1 fully saturated rings. The van der Waals surface area contributed by atoms with Crippen molar-refractivity contribution in [2.45, 2.75) is 38.7 Å². The van der Waals surface area contributed by atoms with Crippen molar-refractivity contribution in [3.63, 3.8) is 0 Å². The van der Waals surface area contributed by atoms with Gasteiger partial charge in [0.25, 0.3) is 0 Å². The number of fused-ring (bicyclic) bond motifs is 1. The van der Waals surface area contributed by atoms with Gasteiger partial charge in [0, 0.05) is 40.7 Å². The Morgan fingerprint density at radius 3 is 2.51 bits per heavy atom. The van der Waals surface area contributed by atoms with Crippen LogP contribution in [0.2, 0.25) is 10.0 Å². The van der Waals surface area contributed by atoms with E-state index in [9.17, 15) is 18.0 Å². The van der Waals surface area contributed by atoms with Crippen LogP contribution in [0.1, 0.15) is 30.4 Å². The minimum atomic E-state index is -4.74. The predicted molar refractivity (Wildman–Crippen MR) is 129 cm³/mol. The quantitative estimate of drug-likeness (QED) is 0.321. The van der Waals surface area contributed by atoms with Gasteiger partial charge in [0.05, 0.1) is 18.7 Å². The van der Waals surface area contributed by atoms with Gasteiger partial charge in [0.2, 0.25) is 0 Å². The minimum Gasteiger partial charge on any atom is -0.469 e. The van der Waals surface area contributed by atoms with Crippen LogP contribution in [0.15, 0.2) is 42.6 Å². The Balaban J connectivity index is 1.47. The number of likely N-dealkylation sites (tertiary alicyclic amines) is 1. The summed E-state index contributed by atoms with van der Waals surface area (Å²) in [6, 6.07) is 9.69. The summed E-state index contributed by atoms with van der Waals surface area (Å²) in [5, 5.41) is 1.72. The van der Waals surface area contributed by atoms with Crippen LogP contribution in [0.3, 0.4) is 0 Å². The van der Waals surface area contributed by atoms with E-state index < -0.39 is 6.36 Å². The molecule has 0 saturated carbocycles. The van der Waals surface area contributed by atoms with Crippen molar-refractivity contribution in [2.75, 3.05) is 20.2 Å². The lowest BCUT2D eigenvalue weighted by atomic mass is 9.93. The second-order valence-corrected chi connectivity index (χ2v) is 9.50. The SMILES string of the molecule is COC(=O)CC1CCN(Cc2ccc(Cl)c(Cn3ccc4cc(OC(F)(F)F)ccc43)c2Cl)CC1. The first-order valence-electron chi connectivity index (χ1n) is 11.2. The highest BCUT2D eigenvalue weighted by molar-refractivity contribution is 6.36. The number of ether oxygens (including phenoxy) is 2. The van der Waals surface area contributed by atoms with Crippen LogP contribution in [0.5, 0.6) is 5.75 Å². The molecule has 0 radical (unpaired) electrons. The third kappa shape index (κ3) is 6.42. The second kappa shape index (κ2) is 10.7. The Kier molecular flexibility index (Phi) is 7.83. The second-order valence-electron chi connectivity index (χ2n) is 8.71. The van der Waals surface area contributed by atoms with Crippen LogP contribution < -0.4 is 4.74 Å². The number of halogens is 5. The first-order valence-corrected chi connectivity index (χ1v) is 12.0. The van der Waals surface area contributed by atoms with Gasteiger partial charge in [-0.15, -0.1) is 13.2 Å². The van der Waals surface area contributed by atoms with Gasteiger partial charge in [-0.3, -0.25) is 9.69 Å². The van der Waals surface area contributed by atoms with Crippen LogP contribution in [-0.4, -0.2) is 42.0 Å². The molecule has 10 heteroatoms. The number of hydrogen-bond acceptors (Lipinski definition) is 4. The van der Waals surface area contributed by atoms with E-state index in [1.165, 1.54) is 19.2 Å². The van der Waals surface area contributed by atoms with E-state index in [0.29, 0.717) is 40.9 Å². The average Bonchev–Trinajstić information content (AvgIpc) is 3.20. The van der Waals surface area contributed by atoms with Crippen molar-refractivity contribution in [2.24, 2.45) is 5.92 Å². The summed E-state index contributed by atoms with van der Waals surface area (Å²) in [5.74, 6) is -0.106. The molecular formula is C25H25Cl2F3N2O3. The molecule has 0 amide bonds. The van der Waals surface area contributed by atoms with Crippen LogP contribution >= 0.6 is 23.2 Å². The van der Waals surface area contributed by atoms with E-state index in [2.05, 4.69) is 9.64 Å². The molecule has 1 aromatic heterocycles. The highest BCUT2D eigenvalue weighted by Gasteiger charge is 2.31. The summed E-state index contributed by atoms with van der Waals surface area (Å²) in [4.78, 5) is 13.8. The number of methoxy groups -OCH3 is 1. The number of rotatable bonds is 7. The van der Waals surface area contributed by atoms with Gasteiger partial charge >= 0.3 is 12.3 Å². The van der Waals surface area contributed by atoms with Crippen LogP contribution in [0.25, 0.3) is 10.9 Å². The summed E-state index contributed by atoms with van der Waals surface area (Å²) in [5.41, 5.74) is 2.44. The smallest absolute Gasteiger partial charge is 0.469 e. The Hall–Kier alpha value is -2.42. The normalized spacial score (nSPS) is 15.5. The molecular weight excluding hydrogens is 504 g/mol. The van der Waals surface area contributed by atoms with Crippen molar-refractivity contribution < 1.29 is 27.4 Å². The average molecular weight is 529 g/mol. The van der Waals surface area contributed by atoms with Crippen molar-refractivity contribution in [1.29, 1.82) is 0 Å². The molecule has 0 N–H and O–H groups in total. The number of carbonyl (C=O) groups excluding carboxylic acids is 1. The number of hydrogen-bond donors (Lipinski definition) is 0. The van der Waals surface area contributed by atoms with Gasteiger partial charge in [-0.25, -0.2) is 0 Å². The molecule has 1 aliphatic heterocycles. The number of carbonyl (C=O) groups is 1. The van der Waals surface area contributed by atoms with E-state index in [1.807, 2.05) is 16.7 Å². The molecule has 0 atom stereocenters. The summed E-state index contributed by atoms with van der Waals surface area (Å²) in [6.45, 7) is 2.76. The summed E-state index contributed by atoms with van der Waals surface area (Å²) >= 11 is 13.3. The lowest BCUT2D eigenvalue weighted by Gasteiger charge is -2.32. The number of benzene rings is 2. The van der Waals surface area contributed by atoms with E-state index in [0.717, 1.165) is 42.6 Å². The zero-order chi connectivity index (χ0) is 25.2. The summed E-state index contributed by atoms with van der Waals surface area (Å²) in [6.07, 6.45) is -0.669. The fourth-order valence-corrected chi connectivity index (χ4v) is 5.06. The van der Waals surface area contributed by atoms with Crippen molar-refractivity contribution in [3.05, 3.63) is 63.8 Å². The molecule has 1 aliphatic rings. The van der Waals surface area contributed by atoms with Gasteiger partial charge in [-0.1, -0.05) is 29.3 Å². The Bertz CT molecular complexity index is 1200. The first-order chi connectivity index (χ1) is 16.6. The maximum absolute atomic E-state index is 12.5. The van der Waals surface area contributed by atoms with E-state index in [1.54, 1.807) is 18.3 Å². The molecule has 4 rings (SSSR count). The van der Waals surface area contributed by atoms with Gasteiger partial charge in [-0.05, 0) is 67.7 Å². The van der Waals surface area contributed by atoms with E-state index in [-0.39, 0.29) is 11.7 Å². The topological polar surface area (TPSA) is 43.7 Å². The fourth-order valence-electron chi connectivity index (χ4n) is 4.51. The molecule has 0 aliphatic carbocycles. The highest BCUT2D eigenvalue weighted by Crippen LogP contribution is 2.33. The minimum absolute atomic E-state index is 0.171. The predicted octanol–water partition coefficient (Wildman–Crippen LogP) is 6.67. The monoisotopic (exact) mass is 528 g/mol. The maximum Gasteiger partial charge on any atom is 0.573 e. The number of nitrogens with zero attached hydrogens (tertiary/aromatic N) is 2. The van der Waals surface area contributed by atoms with Gasteiger partial charge in [0.15, 0.2) is 0 Å². The molecule has 0 spiro atoms. The Labute approximate surface area is 211 Å². The third-order valence-corrected chi connectivity index (χ3v) is 7.18. The molecule has 5 nitrogen and oxygen atoms in total. The molecule has 2 aromatic carbocycles. The maximum atomic E-state index is 12.5. The zero-order valence-corrected chi connectivity index (χ0v) is 20.6. The Morgan fingerprint density at radius 2 is 1.83 bits per heavy atom. The third-order valence-electron chi connectivity index (χ3n) is 6.35. The lowest BCUT2D eigenvalue weighted by molar-refractivity contribution is -0.274. The molecule has 35 heavy (non-hydrogen) atoms. The number of piperidine rings is 1. The fraction of sp³-hybridized carbons (Fsp3) is 0.400. The summed E-state index contributed by atoms with van der Waals surface area (Å²) in [7, 11) is 1.41. The standard InChI is InChI=1S/C25H25Cl2F3N2O3/c1-34-23(33)12-16-6-9-31(10-7-16)14-18-2-4-21(26)20(24(18)27)15-32-11-8-17-13-19(3-5-22(17)32)35-25(28,29)30/h2-5,8,11,13,16H,6-7,9-10,12,14-15H2,1H3. The molecule has 0 unspecified atom stereocenters. The van der Waals surface area contributed by atoms with Crippen molar-refractivity contribution in [3.8, 4) is 5.75 Å². The molecule has 3 aromatic rings. The van der Waals surface area contributed by atoms with Crippen LogP contribution in [-0.2, 0) is 22.6 Å². The van der Waals surface area contributed by atoms with Gasteiger partial charge in [-0.2, -0.15) is 0 Å². The lowest BCUT2D eigenvalue weighted by Crippen LogP contribution is -2.34. The molecule has 1 saturated heterocycles. The van der Waals surface area contributed by atoms with Crippen molar-refractivity contribution >= 4 is 40.1 Å².